The molecule has 1 N–H and O–H groups in total. The maximum Gasteiger partial charge on any atom is 0.433 e. The highest BCUT2D eigenvalue weighted by atomic mass is 16.7. The van der Waals surface area contributed by atoms with Gasteiger partial charge in [-0.1, -0.05) is 18.2 Å². The third kappa shape index (κ3) is 2.76. The monoisotopic (exact) mass is 328 g/mol. The first kappa shape index (κ1) is 15.5. The van der Waals surface area contributed by atoms with Crippen LogP contribution in [0.1, 0.15) is 27.8 Å². The molecule has 2 aromatic heterocycles. The minimum Gasteiger partial charge on any atom is -0.448 e. The molecule has 24 heavy (non-hydrogen) atoms. The van der Waals surface area contributed by atoms with Crippen molar-refractivity contribution in [1.82, 2.24) is 4.98 Å². The summed E-state index contributed by atoms with van der Waals surface area (Å²) in [6.45, 7) is 1.43. The quantitative estimate of drug-likeness (QED) is 0.333. The molecule has 0 saturated carbocycles. The molecule has 8 nitrogen and oxygen atoms in total. The predicted octanol–water partition coefficient (Wildman–Crippen LogP) is 3.10. The van der Waals surface area contributed by atoms with Gasteiger partial charge in [0.1, 0.15) is 4.92 Å². The first-order valence-corrected chi connectivity index (χ1v) is 7.03. The zero-order valence-corrected chi connectivity index (χ0v) is 12.5. The lowest BCUT2D eigenvalue weighted by molar-refractivity contribution is -0.402. The van der Waals surface area contributed by atoms with E-state index in [1.165, 1.54) is 6.92 Å². The van der Waals surface area contributed by atoms with Crippen LogP contribution in [-0.2, 0) is 4.74 Å². The summed E-state index contributed by atoms with van der Waals surface area (Å²) in [6, 6.07) is 9.41. The van der Waals surface area contributed by atoms with Gasteiger partial charge >= 0.3 is 11.9 Å². The number of Topliss-reactive ketones (excluding diaryl/α,β-unsaturated/α-hetero) is 1. The number of carbonyl (C=O) groups excluding carboxylic acids is 2. The molecule has 0 unspecified atom stereocenters. The van der Waals surface area contributed by atoms with Crippen molar-refractivity contribution >= 4 is 28.5 Å². The van der Waals surface area contributed by atoms with Crippen LogP contribution < -0.4 is 0 Å². The van der Waals surface area contributed by atoms with Crippen molar-refractivity contribution in [2.75, 3.05) is 0 Å². The fourth-order valence-corrected chi connectivity index (χ4v) is 2.30. The van der Waals surface area contributed by atoms with Crippen LogP contribution in [0.4, 0.5) is 5.88 Å². The zero-order valence-electron chi connectivity index (χ0n) is 12.5. The SMILES string of the molecule is C[C@@H](OC(=O)c1ccc([N+](=O)[O-])o1)C(=O)c1c[nH]c2ccccc12. The summed E-state index contributed by atoms with van der Waals surface area (Å²) in [5, 5.41) is 11.3. The molecule has 0 fully saturated rings. The van der Waals surface area contributed by atoms with Crippen LogP contribution in [0, 0.1) is 10.1 Å². The molecule has 0 aliphatic rings. The zero-order chi connectivity index (χ0) is 17.3. The van der Waals surface area contributed by atoms with Gasteiger partial charge in [0.15, 0.2) is 6.10 Å². The molecular formula is C16H12N2O6. The van der Waals surface area contributed by atoms with E-state index < -0.39 is 22.9 Å². The second-order valence-corrected chi connectivity index (χ2v) is 5.05. The van der Waals surface area contributed by atoms with Crippen molar-refractivity contribution in [2.24, 2.45) is 0 Å². The number of carbonyl (C=O) groups is 2. The van der Waals surface area contributed by atoms with Crippen LogP contribution in [0.15, 0.2) is 47.0 Å². The van der Waals surface area contributed by atoms with E-state index >= 15 is 0 Å². The number of hydrogen-bond donors (Lipinski definition) is 1. The van der Waals surface area contributed by atoms with Crippen LogP contribution in [-0.4, -0.2) is 27.8 Å². The van der Waals surface area contributed by atoms with Gasteiger partial charge < -0.3 is 14.1 Å². The number of aromatic nitrogens is 1. The maximum atomic E-state index is 12.5. The molecule has 0 spiro atoms. The van der Waals surface area contributed by atoms with Crippen molar-refractivity contribution < 1.29 is 23.7 Å². The number of ether oxygens (including phenoxy) is 1. The molecular weight excluding hydrogens is 316 g/mol. The average Bonchev–Trinajstić information content (AvgIpc) is 3.21. The van der Waals surface area contributed by atoms with Gasteiger partial charge in [0.05, 0.1) is 6.07 Å². The molecule has 8 heteroatoms. The lowest BCUT2D eigenvalue weighted by Crippen LogP contribution is -2.24. The van der Waals surface area contributed by atoms with E-state index in [9.17, 15) is 19.7 Å². The number of esters is 1. The molecule has 1 aromatic carbocycles. The summed E-state index contributed by atoms with van der Waals surface area (Å²) in [5.74, 6) is -2.23. The Hall–Kier alpha value is -3.42. The van der Waals surface area contributed by atoms with Gasteiger partial charge in [-0.05, 0) is 19.1 Å². The second-order valence-electron chi connectivity index (χ2n) is 5.05. The number of para-hydroxylation sites is 1. The number of nitrogens with one attached hydrogen (secondary N) is 1. The molecule has 0 aliphatic heterocycles. The van der Waals surface area contributed by atoms with Crippen molar-refractivity contribution in [3.63, 3.8) is 0 Å². The maximum absolute atomic E-state index is 12.5. The highest BCUT2D eigenvalue weighted by Crippen LogP contribution is 2.21. The number of aromatic amines is 1. The van der Waals surface area contributed by atoms with Crippen LogP contribution in [0.25, 0.3) is 10.9 Å². The Bertz CT molecular complexity index is 939. The fraction of sp³-hybridized carbons (Fsp3) is 0.125. The average molecular weight is 328 g/mol. The van der Waals surface area contributed by atoms with E-state index in [-0.39, 0.29) is 11.5 Å². The Labute approximate surface area is 135 Å². The van der Waals surface area contributed by atoms with Gasteiger partial charge in [0.25, 0.3) is 0 Å². The number of nitro groups is 1. The molecule has 3 rings (SSSR count). The third-order valence-electron chi connectivity index (χ3n) is 3.48. The van der Waals surface area contributed by atoms with Gasteiger partial charge in [-0.25, -0.2) is 4.79 Å². The molecule has 0 amide bonds. The molecule has 0 aliphatic carbocycles. The van der Waals surface area contributed by atoms with Crippen molar-refractivity contribution in [3.05, 3.63) is 64.0 Å². The smallest absolute Gasteiger partial charge is 0.433 e. The summed E-state index contributed by atoms with van der Waals surface area (Å²) < 4.78 is 9.80. The van der Waals surface area contributed by atoms with E-state index in [1.54, 1.807) is 18.3 Å². The normalized spacial score (nSPS) is 12.0. The number of hydrogen-bond acceptors (Lipinski definition) is 6. The molecule has 0 bridgehead atoms. The molecule has 1 atom stereocenters. The summed E-state index contributed by atoms with van der Waals surface area (Å²) in [5.41, 5.74) is 1.19. The van der Waals surface area contributed by atoms with Crippen molar-refractivity contribution in [1.29, 1.82) is 0 Å². The Balaban J connectivity index is 1.76. The summed E-state index contributed by atoms with van der Waals surface area (Å²) in [6.07, 6.45) is 0.482. The van der Waals surface area contributed by atoms with E-state index in [0.29, 0.717) is 5.56 Å². The van der Waals surface area contributed by atoms with Crippen LogP contribution in [0.3, 0.4) is 0 Å². The Kier molecular flexibility index (Phi) is 3.87. The predicted molar refractivity (Wildman–Crippen MR) is 82.9 cm³/mol. The van der Waals surface area contributed by atoms with Crippen LogP contribution in [0.5, 0.6) is 0 Å². The Morgan fingerprint density at radius 3 is 2.71 bits per heavy atom. The van der Waals surface area contributed by atoms with E-state index in [1.807, 2.05) is 12.1 Å². The van der Waals surface area contributed by atoms with Gasteiger partial charge in [-0.3, -0.25) is 14.9 Å². The summed E-state index contributed by atoms with van der Waals surface area (Å²) in [7, 11) is 0. The number of rotatable bonds is 5. The number of ketones is 1. The largest absolute Gasteiger partial charge is 0.448 e. The highest BCUT2D eigenvalue weighted by molar-refractivity contribution is 6.10. The molecule has 0 saturated heterocycles. The van der Waals surface area contributed by atoms with Gasteiger partial charge in [-0.2, -0.15) is 0 Å². The Morgan fingerprint density at radius 2 is 2.00 bits per heavy atom. The van der Waals surface area contributed by atoms with Crippen LogP contribution in [0.2, 0.25) is 0 Å². The lowest BCUT2D eigenvalue weighted by atomic mass is 10.1. The molecule has 2 heterocycles. The fourth-order valence-electron chi connectivity index (χ4n) is 2.30. The molecule has 122 valence electrons. The van der Waals surface area contributed by atoms with Gasteiger partial charge in [0, 0.05) is 22.7 Å². The minimum atomic E-state index is -1.07. The van der Waals surface area contributed by atoms with Crippen LogP contribution >= 0.6 is 0 Å². The molecule has 3 aromatic rings. The third-order valence-corrected chi connectivity index (χ3v) is 3.48. The first-order chi connectivity index (χ1) is 11.5. The van der Waals surface area contributed by atoms with E-state index in [4.69, 9.17) is 9.15 Å². The van der Waals surface area contributed by atoms with Crippen molar-refractivity contribution in [2.45, 2.75) is 13.0 Å². The lowest BCUT2D eigenvalue weighted by Gasteiger charge is -2.10. The van der Waals surface area contributed by atoms with Crippen molar-refractivity contribution in [3.8, 4) is 0 Å². The number of benzene rings is 1. The second kappa shape index (κ2) is 5.99. The standard InChI is InChI=1S/C16H12N2O6/c1-9(23-16(20)13-6-7-14(24-13)18(21)22)15(19)11-8-17-12-5-3-2-4-10(11)12/h2-9,17H,1H3/t9-/m1/s1. The number of nitrogens with zero attached hydrogens (tertiary/aromatic N) is 1. The molecule has 0 radical (unpaired) electrons. The summed E-state index contributed by atoms with van der Waals surface area (Å²) >= 11 is 0. The van der Waals surface area contributed by atoms with E-state index in [2.05, 4.69) is 4.98 Å². The topological polar surface area (TPSA) is 115 Å². The first-order valence-electron chi connectivity index (χ1n) is 7.03. The number of H-pyrrole nitrogens is 1. The number of furan rings is 1. The summed E-state index contributed by atoms with van der Waals surface area (Å²) in [4.78, 5) is 37.1. The van der Waals surface area contributed by atoms with E-state index in [0.717, 1.165) is 23.0 Å². The Morgan fingerprint density at radius 1 is 1.25 bits per heavy atom. The minimum absolute atomic E-state index is 0.333. The van der Waals surface area contributed by atoms with Gasteiger partial charge in [0.2, 0.25) is 11.5 Å². The number of fused-ring (bicyclic) bond motifs is 1. The highest BCUT2D eigenvalue weighted by Gasteiger charge is 2.25. The van der Waals surface area contributed by atoms with Gasteiger partial charge in [-0.15, -0.1) is 0 Å².